The standard InChI is InChI=1S/C16H23N3O/c1-2-3-4-5-6-7-10-14(20)13-19-16-12-9-8-11-15(16)17-18-19/h8-9,11-12H,2-7,10,13H2,1H3. The van der Waals surface area contributed by atoms with Crippen molar-refractivity contribution in [3.05, 3.63) is 24.3 Å². The topological polar surface area (TPSA) is 47.8 Å². The summed E-state index contributed by atoms with van der Waals surface area (Å²) in [4.78, 5) is 12.0. The molecular weight excluding hydrogens is 250 g/mol. The van der Waals surface area contributed by atoms with E-state index < -0.39 is 0 Å². The first-order chi connectivity index (χ1) is 9.81. The second kappa shape index (κ2) is 7.78. The molecule has 0 aliphatic carbocycles. The zero-order valence-corrected chi connectivity index (χ0v) is 12.2. The average Bonchev–Trinajstić information content (AvgIpc) is 2.86. The number of benzene rings is 1. The fraction of sp³-hybridized carbons (Fsp3) is 0.562. The highest BCUT2D eigenvalue weighted by Crippen LogP contribution is 2.11. The lowest BCUT2D eigenvalue weighted by molar-refractivity contribution is -0.119. The number of nitrogens with zero attached hydrogens (tertiary/aromatic N) is 3. The number of carbonyl (C=O) groups is 1. The highest BCUT2D eigenvalue weighted by Gasteiger charge is 2.08. The Kier molecular flexibility index (Phi) is 5.71. The molecule has 0 unspecified atom stereocenters. The van der Waals surface area contributed by atoms with E-state index in [-0.39, 0.29) is 5.78 Å². The zero-order valence-electron chi connectivity index (χ0n) is 12.2. The van der Waals surface area contributed by atoms with Crippen molar-refractivity contribution in [2.45, 2.75) is 58.4 Å². The predicted octanol–water partition coefficient (Wildman–Crippen LogP) is 3.75. The van der Waals surface area contributed by atoms with Crippen LogP contribution in [0.2, 0.25) is 0 Å². The summed E-state index contributed by atoms with van der Waals surface area (Å²) in [6, 6.07) is 7.74. The zero-order chi connectivity index (χ0) is 14.2. The van der Waals surface area contributed by atoms with E-state index in [1.807, 2.05) is 24.3 Å². The predicted molar refractivity (Wildman–Crippen MR) is 80.5 cm³/mol. The summed E-state index contributed by atoms with van der Waals surface area (Å²) in [7, 11) is 0. The number of para-hydroxylation sites is 1. The van der Waals surface area contributed by atoms with Gasteiger partial charge in [0.1, 0.15) is 12.1 Å². The first-order valence-corrected chi connectivity index (χ1v) is 7.61. The molecule has 0 N–H and O–H groups in total. The first kappa shape index (κ1) is 14.7. The number of aromatic nitrogens is 3. The van der Waals surface area contributed by atoms with Gasteiger partial charge in [0.25, 0.3) is 0 Å². The van der Waals surface area contributed by atoms with E-state index >= 15 is 0 Å². The Labute approximate surface area is 120 Å². The number of hydrogen-bond acceptors (Lipinski definition) is 3. The third kappa shape index (κ3) is 4.15. The summed E-state index contributed by atoms with van der Waals surface area (Å²) in [6.45, 7) is 2.56. The van der Waals surface area contributed by atoms with Crippen molar-refractivity contribution in [1.29, 1.82) is 0 Å². The Bertz CT molecular complexity index is 547. The molecule has 0 amide bonds. The molecule has 4 nitrogen and oxygen atoms in total. The minimum Gasteiger partial charge on any atom is -0.298 e. The Hall–Kier alpha value is -1.71. The molecule has 0 fully saturated rings. The fourth-order valence-corrected chi connectivity index (χ4v) is 2.38. The number of ketones is 1. The third-order valence-electron chi connectivity index (χ3n) is 3.56. The van der Waals surface area contributed by atoms with Gasteiger partial charge in [0, 0.05) is 6.42 Å². The van der Waals surface area contributed by atoms with E-state index in [1.165, 1.54) is 25.7 Å². The van der Waals surface area contributed by atoms with E-state index in [9.17, 15) is 4.79 Å². The highest BCUT2D eigenvalue weighted by atomic mass is 16.1. The number of hydrogen-bond donors (Lipinski definition) is 0. The van der Waals surface area contributed by atoms with E-state index in [0.29, 0.717) is 13.0 Å². The van der Waals surface area contributed by atoms with E-state index in [1.54, 1.807) is 4.68 Å². The number of unbranched alkanes of at least 4 members (excludes halogenated alkanes) is 5. The summed E-state index contributed by atoms with van der Waals surface area (Å²) in [5.74, 6) is 0.246. The van der Waals surface area contributed by atoms with Gasteiger partial charge in [-0.3, -0.25) is 4.79 Å². The van der Waals surface area contributed by atoms with Crippen molar-refractivity contribution in [3.8, 4) is 0 Å². The van der Waals surface area contributed by atoms with Gasteiger partial charge in [0.2, 0.25) is 0 Å². The summed E-state index contributed by atoms with van der Waals surface area (Å²) >= 11 is 0. The maximum atomic E-state index is 12.0. The van der Waals surface area contributed by atoms with Crippen molar-refractivity contribution >= 4 is 16.8 Å². The lowest BCUT2D eigenvalue weighted by Crippen LogP contribution is -2.11. The first-order valence-electron chi connectivity index (χ1n) is 7.61. The summed E-state index contributed by atoms with van der Waals surface area (Å²) < 4.78 is 1.70. The molecule has 0 saturated carbocycles. The molecule has 1 heterocycles. The molecule has 1 aromatic carbocycles. The van der Waals surface area contributed by atoms with Crippen LogP contribution in [0.5, 0.6) is 0 Å². The molecule has 0 radical (unpaired) electrons. The number of rotatable bonds is 9. The van der Waals surface area contributed by atoms with Gasteiger partial charge in [-0.05, 0) is 18.6 Å². The van der Waals surface area contributed by atoms with Gasteiger partial charge in [-0.2, -0.15) is 0 Å². The van der Waals surface area contributed by atoms with Crippen LogP contribution in [0.1, 0.15) is 51.9 Å². The van der Waals surface area contributed by atoms with Crippen LogP contribution in [-0.4, -0.2) is 20.8 Å². The Balaban J connectivity index is 1.74. The van der Waals surface area contributed by atoms with E-state index in [2.05, 4.69) is 17.2 Å². The fourth-order valence-electron chi connectivity index (χ4n) is 2.38. The van der Waals surface area contributed by atoms with Crippen molar-refractivity contribution in [3.63, 3.8) is 0 Å². The third-order valence-corrected chi connectivity index (χ3v) is 3.56. The van der Waals surface area contributed by atoms with Crippen LogP contribution >= 0.6 is 0 Å². The number of Topliss-reactive ketones (excluding diaryl/α,β-unsaturated/α-hetero) is 1. The van der Waals surface area contributed by atoms with E-state index in [0.717, 1.165) is 23.9 Å². The van der Waals surface area contributed by atoms with Gasteiger partial charge in [-0.1, -0.05) is 56.4 Å². The van der Waals surface area contributed by atoms with Gasteiger partial charge in [0.15, 0.2) is 5.78 Å². The van der Waals surface area contributed by atoms with Crippen LogP contribution in [0.25, 0.3) is 11.0 Å². The molecule has 1 aromatic heterocycles. The van der Waals surface area contributed by atoms with Gasteiger partial charge in [0.05, 0.1) is 5.52 Å². The van der Waals surface area contributed by atoms with Gasteiger partial charge >= 0.3 is 0 Å². The van der Waals surface area contributed by atoms with Crippen LogP contribution in [0.3, 0.4) is 0 Å². The summed E-state index contributed by atoms with van der Waals surface area (Å²) in [5.41, 5.74) is 1.78. The summed E-state index contributed by atoms with van der Waals surface area (Å²) in [6.07, 6.45) is 7.91. The van der Waals surface area contributed by atoms with Crippen LogP contribution in [-0.2, 0) is 11.3 Å². The van der Waals surface area contributed by atoms with Gasteiger partial charge in [-0.25, -0.2) is 4.68 Å². The van der Waals surface area contributed by atoms with E-state index in [4.69, 9.17) is 0 Å². The SMILES string of the molecule is CCCCCCCCC(=O)Cn1nnc2ccccc21. The van der Waals surface area contributed by atoms with Gasteiger partial charge in [-0.15, -0.1) is 5.10 Å². The largest absolute Gasteiger partial charge is 0.298 e. The molecule has 0 spiro atoms. The number of fused-ring (bicyclic) bond motifs is 1. The Morgan fingerprint density at radius 3 is 2.70 bits per heavy atom. The molecule has 2 rings (SSSR count). The molecule has 0 saturated heterocycles. The molecule has 0 aliphatic rings. The second-order valence-corrected chi connectivity index (χ2v) is 5.29. The van der Waals surface area contributed by atoms with Crippen molar-refractivity contribution < 1.29 is 4.79 Å². The van der Waals surface area contributed by atoms with Crippen LogP contribution in [0.15, 0.2) is 24.3 Å². The molecule has 0 aliphatic heterocycles. The molecule has 0 atom stereocenters. The lowest BCUT2D eigenvalue weighted by Gasteiger charge is -2.02. The normalized spacial score (nSPS) is 11.1. The smallest absolute Gasteiger partial charge is 0.154 e. The molecule has 2 aromatic rings. The monoisotopic (exact) mass is 273 g/mol. The molecule has 0 bridgehead atoms. The molecule has 108 valence electrons. The Morgan fingerprint density at radius 1 is 1.10 bits per heavy atom. The molecule has 4 heteroatoms. The molecule has 20 heavy (non-hydrogen) atoms. The van der Waals surface area contributed by atoms with Crippen LogP contribution < -0.4 is 0 Å². The molecular formula is C16H23N3O. The number of carbonyl (C=O) groups excluding carboxylic acids is 1. The minimum absolute atomic E-state index is 0.246. The second-order valence-electron chi connectivity index (χ2n) is 5.29. The van der Waals surface area contributed by atoms with Crippen molar-refractivity contribution in [2.24, 2.45) is 0 Å². The Morgan fingerprint density at radius 2 is 1.85 bits per heavy atom. The van der Waals surface area contributed by atoms with Crippen LogP contribution in [0, 0.1) is 0 Å². The average molecular weight is 273 g/mol. The van der Waals surface area contributed by atoms with Crippen molar-refractivity contribution in [2.75, 3.05) is 0 Å². The quantitative estimate of drug-likeness (QED) is 0.654. The minimum atomic E-state index is 0.246. The lowest BCUT2D eigenvalue weighted by atomic mass is 10.1. The van der Waals surface area contributed by atoms with Crippen molar-refractivity contribution in [1.82, 2.24) is 15.0 Å². The maximum Gasteiger partial charge on any atom is 0.154 e. The maximum absolute atomic E-state index is 12.0. The van der Waals surface area contributed by atoms with Crippen LogP contribution in [0.4, 0.5) is 0 Å². The van der Waals surface area contributed by atoms with Gasteiger partial charge < -0.3 is 0 Å². The highest BCUT2D eigenvalue weighted by molar-refractivity contribution is 5.81. The summed E-state index contributed by atoms with van der Waals surface area (Å²) in [5, 5.41) is 8.11.